The topological polar surface area (TPSA) is 55.8 Å². The van der Waals surface area contributed by atoms with Gasteiger partial charge in [0.05, 0.1) is 13.2 Å². The van der Waals surface area contributed by atoms with Crippen molar-refractivity contribution in [1.82, 2.24) is 4.90 Å². The van der Waals surface area contributed by atoms with E-state index in [2.05, 4.69) is 4.74 Å². The second-order valence-electron chi connectivity index (χ2n) is 3.98. The van der Waals surface area contributed by atoms with Gasteiger partial charge in [-0.1, -0.05) is 6.92 Å². The molecule has 1 atom stereocenters. The van der Waals surface area contributed by atoms with Crippen LogP contribution >= 0.6 is 0 Å². The van der Waals surface area contributed by atoms with Gasteiger partial charge in [-0.2, -0.15) is 0 Å². The van der Waals surface area contributed by atoms with Crippen LogP contribution in [0.2, 0.25) is 0 Å². The molecular weight excluding hydrogens is 222 g/mol. The van der Waals surface area contributed by atoms with Crippen LogP contribution in [0.1, 0.15) is 33.1 Å². The Kier molecular flexibility index (Phi) is 8.40. The molecule has 17 heavy (non-hydrogen) atoms. The number of carbonyl (C=O) groups excluding carboxylic acids is 2. The highest BCUT2D eigenvalue weighted by atomic mass is 16.5. The molecule has 0 bridgehead atoms. The number of methoxy groups -OCH3 is 2. The second kappa shape index (κ2) is 8.98. The fourth-order valence-corrected chi connectivity index (χ4v) is 1.38. The van der Waals surface area contributed by atoms with Gasteiger partial charge < -0.3 is 14.4 Å². The predicted molar refractivity (Wildman–Crippen MR) is 64.6 cm³/mol. The molecule has 0 aliphatic heterocycles. The Labute approximate surface area is 103 Å². The first-order valence-corrected chi connectivity index (χ1v) is 5.92. The van der Waals surface area contributed by atoms with E-state index in [4.69, 9.17) is 4.74 Å². The summed E-state index contributed by atoms with van der Waals surface area (Å²) in [5, 5.41) is 0. The first-order chi connectivity index (χ1) is 8.04. The molecule has 0 heterocycles. The summed E-state index contributed by atoms with van der Waals surface area (Å²) in [6, 6.07) is 0. The van der Waals surface area contributed by atoms with E-state index in [0.29, 0.717) is 19.4 Å². The molecule has 5 nitrogen and oxygen atoms in total. The molecule has 0 aromatic carbocycles. The van der Waals surface area contributed by atoms with E-state index in [9.17, 15) is 9.59 Å². The molecule has 0 aromatic rings. The highest BCUT2D eigenvalue weighted by Gasteiger charge is 2.17. The van der Waals surface area contributed by atoms with E-state index in [-0.39, 0.29) is 24.5 Å². The molecule has 0 saturated heterocycles. The second-order valence-corrected chi connectivity index (χ2v) is 3.98. The molecular formula is C12H23NO4. The zero-order valence-electron chi connectivity index (χ0n) is 11.2. The van der Waals surface area contributed by atoms with Crippen LogP contribution in [0.15, 0.2) is 0 Å². The first kappa shape index (κ1) is 15.9. The maximum absolute atomic E-state index is 11.9. The van der Waals surface area contributed by atoms with Gasteiger partial charge in [-0.15, -0.1) is 0 Å². The minimum Gasteiger partial charge on any atom is -0.468 e. The lowest BCUT2D eigenvalue weighted by Crippen LogP contribution is -2.37. The third-order valence-corrected chi connectivity index (χ3v) is 2.56. The number of rotatable bonds is 8. The number of esters is 1. The van der Waals surface area contributed by atoms with E-state index >= 15 is 0 Å². The average Bonchev–Trinajstić information content (AvgIpc) is 2.34. The number of amides is 1. The summed E-state index contributed by atoms with van der Waals surface area (Å²) in [5.41, 5.74) is 0. The Morgan fingerprint density at radius 2 is 1.94 bits per heavy atom. The highest BCUT2D eigenvalue weighted by molar-refractivity contribution is 5.82. The largest absolute Gasteiger partial charge is 0.468 e. The average molecular weight is 245 g/mol. The Hall–Kier alpha value is -1.10. The maximum Gasteiger partial charge on any atom is 0.325 e. The van der Waals surface area contributed by atoms with Crippen molar-refractivity contribution in [2.24, 2.45) is 0 Å². The van der Waals surface area contributed by atoms with Crippen molar-refractivity contribution in [3.63, 3.8) is 0 Å². The number of hydrogen-bond donors (Lipinski definition) is 0. The fourth-order valence-electron chi connectivity index (χ4n) is 1.38. The molecule has 0 saturated carbocycles. The Morgan fingerprint density at radius 3 is 2.41 bits per heavy atom. The van der Waals surface area contributed by atoms with Gasteiger partial charge in [0.2, 0.25) is 5.91 Å². The molecule has 0 aromatic heterocycles. The number of nitrogens with zero attached hydrogens (tertiary/aromatic N) is 1. The van der Waals surface area contributed by atoms with E-state index in [1.54, 1.807) is 7.11 Å². The smallest absolute Gasteiger partial charge is 0.325 e. The number of hydrogen-bond acceptors (Lipinski definition) is 4. The number of carbonyl (C=O) groups is 2. The van der Waals surface area contributed by atoms with Crippen LogP contribution in [0, 0.1) is 0 Å². The van der Waals surface area contributed by atoms with Crippen molar-refractivity contribution in [2.45, 2.75) is 39.2 Å². The van der Waals surface area contributed by atoms with Crippen molar-refractivity contribution in [3.05, 3.63) is 0 Å². The molecule has 0 fully saturated rings. The van der Waals surface area contributed by atoms with Crippen LogP contribution in [-0.4, -0.2) is 50.2 Å². The molecule has 0 N–H and O–H groups in total. The van der Waals surface area contributed by atoms with E-state index < -0.39 is 0 Å². The van der Waals surface area contributed by atoms with Crippen LogP contribution in [0.4, 0.5) is 0 Å². The van der Waals surface area contributed by atoms with Crippen LogP contribution in [0.5, 0.6) is 0 Å². The summed E-state index contributed by atoms with van der Waals surface area (Å²) < 4.78 is 9.65. The minimum atomic E-state index is -0.383. The van der Waals surface area contributed by atoms with Gasteiger partial charge in [0.1, 0.15) is 6.54 Å². The van der Waals surface area contributed by atoms with Crippen molar-refractivity contribution in [2.75, 3.05) is 27.3 Å². The lowest BCUT2D eigenvalue weighted by atomic mass is 10.2. The molecule has 1 unspecified atom stereocenters. The standard InChI is InChI=1S/C12H23NO4/c1-5-8-13(9-12(15)17-4)11(14)7-6-10(2)16-3/h10H,5-9H2,1-4H3. The van der Waals surface area contributed by atoms with E-state index in [1.807, 2.05) is 13.8 Å². The normalized spacial score (nSPS) is 12.0. The zero-order chi connectivity index (χ0) is 13.3. The molecule has 0 aliphatic rings. The molecule has 0 spiro atoms. The van der Waals surface area contributed by atoms with Crippen molar-refractivity contribution < 1.29 is 19.1 Å². The molecule has 100 valence electrons. The lowest BCUT2D eigenvalue weighted by Gasteiger charge is -2.21. The first-order valence-electron chi connectivity index (χ1n) is 5.92. The number of ether oxygens (including phenoxy) is 2. The lowest BCUT2D eigenvalue weighted by molar-refractivity contribution is -0.147. The molecule has 0 rings (SSSR count). The van der Waals surface area contributed by atoms with Gasteiger partial charge in [0.25, 0.3) is 0 Å². The van der Waals surface area contributed by atoms with Gasteiger partial charge in [-0.25, -0.2) is 0 Å². The zero-order valence-corrected chi connectivity index (χ0v) is 11.2. The maximum atomic E-state index is 11.9. The molecule has 5 heteroatoms. The van der Waals surface area contributed by atoms with Crippen LogP contribution in [0.25, 0.3) is 0 Å². The van der Waals surface area contributed by atoms with E-state index in [0.717, 1.165) is 6.42 Å². The monoisotopic (exact) mass is 245 g/mol. The summed E-state index contributed by atoms with van der Waals surface area (Å²) in [7, 11) is 2.94. The van der Waals surface area contributed by atoms with Gasteiger partial charge in [-0.3, -0.25) is 9.59 Å². The summed E-state index contributed by atoms with van der Waals surface area (Å²) in [5.74, 6) is -0.410. The van der Waals surface area contributed by atoms with Crippen molar-refractivity contribution >= 4 is 11.9 Å². The Morgan fingerprint density at radius 1 is 1.29 bits per heavy atom. The van der Waals surface area contributed by atoms with Crippen LogP contribution in [-0.2, 0) is 19.1 Å². The minimum absolute atomic E-state index is 0.0267. The molecule has 1 amide bonds. The van der Waals surface area contributed by atoms with Crippen LogP contribution < -0.4 is 0 Å². The Bertz CT molecular complexity index is 243. The fraction of sp³-hybridized carbons (Fsp3) is 0.833. The summed E-state index contributed by atoms with van der Waals surface area (Å²) in [4.78, 5) is 24.6. The van der Waals surface area contributed by atoms with Gasteiger partial charge in [-0.05, 0) is 19.8 Å². The predicted octanol–water partition coefficient (Wildman–Crippen LogP) is 1.21. The molecule has 0 aliphatic carbocycles. The molecule has 0 radical (unpaired) electrons. The quantitative estimate of drug-likeness (QED) is 0.603. The summed E-state index contributed by atoms with van der Waals surface area (Å²) in [6.45, 7) is 4.49. The SMILES string of the molecule is CCCN(CC(=O)OC)C(=O)CCC(C)OC. The van der Waals surface area contributed by atoms with Gasteiger partial charge in [0, 0.05) is 20.1 Å². The summed E-state index contributed by atoms with van der Waals surface area (Å²) in [6.07, 6.45) is 1.94. The highest BCUT2D eigenvalue weighted by Crippen LogP contribution is 2.05. The van der Waals surface area contributed by atoms with Crippen molar-refractivity contribution in [3.8, 4) is 0 Å². The third-order valence-electron chi connectivity index (χ3n) is 2.56. The summed E-state index contributed by atoms with van der Waals surface area (Å²) >= 11 is 0. The van der Waals surface area contributed by atoms with Gasteiger partial charge in [0.15, 0.2) is 0 Å². The Balaban J connectivity index is 4.18. The van der Waals surface area contributed by atoms with Crippen LogP contribution in [0.3, 0.4) is 0 Å². The van der Waals surface area contributed by atoms with E-state index in [1.165, 1.54) is 12.0 Å². The van der Waals surface area contributed by atoms with Gasteiger partial charge >= 0.3 is 5.97 Å². The third kappa shape index (κ3) is 6.94. The van der Waals surface area contributed by atoms with Crippen molar-refractivity contribution in [1.29, 1.82) is 0 Å².